The SMILES string of the molecule is CCCN(CC)CCNC1CCCC(C(C)C)CC1. The van der Waals surface area contributed by atoms with E-state index < -0.39 is 0 Å². The van der Waals surface area contributed by atoms with Crippen LogP contribution in [-0.2, 0) is 0 Å². The van der Waals surface area contributed by atoms with E-state index in [1.807, 2.05) is 0 Å². The van der Waals surface area contributed by atoms with Gasteiger partial charge in [-0.25, -0.2) is 0 Å². The first-order valence-electron chi connectivity index (χ1n) is 8.63. The van der Waals surface area contributed by atoms with E-state index in [1.165, 1.54) is 64.7 Å². The maximum atomic E-state index is 3.80. The predicted molar refractivity (Wildman–Crippen MR) is 85.6 cm³/mol. The lowest BCUT2D eigenvalue weighted by Crippen LogP contribution is -2.37. The van der Waals surface area contributed by atoms with Crippen molar-refractivity contribution < 1.29 is 0 Å². The summed E-state index contributed by atoms with van der Waals surface area (Å²) in [6.45, 7) is 14.2. The molecular weight excluding hydrogens is 232 g/mol. The summed E-state index contributed by atoms with van der Waals surface area (Å²) in [4.78, 5) is 2.56. The van der Waals surface area contributed by atoms with Gasteiger partial charge < -0.3 is 10.2 Å². The molecule has 19 heavy (non-hydrogen) atoms. The first-order chi connectivity index (χ1) is 9.17. The fraction of sp³-hybridized carbons (Fsp3) is 1.00. The molecular formula is C17H36N2. The lowest BCUT2D eigenvalue weighted by atomic mass is 9.89. The van der Waals surface area contributed by atoms with Crippen molar-refractivity contribution in [2.75, 3.05) is 26.2 Å². The third-order valence-corrected chi connectivity index (χ3v) is 4.80. The molecule has 0 aromatic carbocycles. The van der Waals surface area contributed by atoms with Crippen molar-refractivity contribution in [3.05, 3.63) is 0 Å². The second-order valence-corrected chi connectivity index (χ2v) is 6.60. The molecule has 2 unspecified atom stereocenters. The molecule has 0 saturated heterocycles. The Bertz CT molecular complexity index is 215. The van der Waals surface area contributed by atoms with E-state index in [-0.39, 0.29) is 0 Å². The Kier molecular flexibility index (Phi) is 8.72. The fourth-order valence-electron chi connectivity index (χ4n) is 3.37. The zero-order chi connectivity index (χ0) is 14.1. The lowest BCUT2D eigenvalue weighted by Gasteiger charge is -2.22. The van der Waals surface area contributed by atoms with Crippen LogP contribution in [0.5, 0.6) is 0 Å². The fourth-order valence-corrected chi connectivity index (χ4v) is 3.37. The van der Waals surface area contributed by atoms with E-state index in [0.29, 0.717) is 0 Å². The summed E-state index contributed by atoms with van der Waals surface area (Å²) in [5.74, 6) is 1.85. The van der Waals surface area contributed by atoms with Crippen LogP contribution in [0.1, 0.15) is 66.2 Å². The molecule has 0 aliphatic heterocycles. The van der Waals surface area contributed by atoms with Gasteiger partial charge in [-0.15, -0.1) is 0 Å². The highest BCUT2D eigenvalue weighted by Gasteiger charge is 2.20. The van der Waals surface area contributed by atoms with Gasteiger partial charge in [0.2, 0.25) is 0 Å². The van der Waals surface area contributed by atoms with Crippen LogP contribution in [-0.4, -0.2) is 37.1 Å². The van der Waals surface area contributed by atoms with Crippen LogP contribution < -0.4 is 5.32 Å². The van der Waals surface area contributed by atoms with Crippen LogP contribution in [0.4, 0.5) is 0 Å². The molecule has 0 amide bonds. The van der Waals surface area contributed by atoms with Gasteiger partial charge in [0.15, 0.2) is 0 Å². The van der Waals surface area contributed by atoms with Crippen LogP contribution >= 0.6 is 0 Å². The zero-order valence-corrected chi connectivity index (χ0v) is 13.8. The molecule has 1 rings (SSSR count). The van der Waals surface area contributed by atoms with Gasteiger partial charge in [-0.05, 0) is 50.6 Å². The van der Waals surface area contributed by atoms with Crippen LogP contribution in [0, 0.1) is 11.8 Å². The molecule has 2 nitrogen and oxygen atoms in total. The molecule has 0 aromatic rings. The third kappa shape index (κ3) is 6.76. The van der Waals surface area contributed by atoms with Crippen molar-refractivity contribution in [2.24, 2.45) is 11.8 Å². The molecule has 0 heterocycles. The lowest BCUT2D eigenvalue weighted by molar-refractivity contribution is 0.278. The molecule has 0 spiro atoms. The maximum absolute atomic E-state index is 3.80. The number of nitrogens with one attached hydrogen (secondary N) is 1. The molecule has 1 saturated carbocycles. The van der Waals surface area contributed by atoms with E-state index >= 15 is 0 Å². The van der Waals surface area contributed by atoms with Crippen molar-refractivity contribution in [1.29, 1.82) is 0 Å². The number of hydrogen-bond acceptors (Lipinski definition) is 2. The van der Waals surface area contributed by atoms with Gasteiger partial charge in [-0.1, -0.05) is 40.5 Å². The van der Waals surface area contributed by atoms with Gasteiger partial charge in [0.05, 0.1) is 0 Å². The predicted octanol–water partition coefficient (Wildman–Crippen LogP) is 3.91. The summed E-state index contributed by atoms with van der Waals surface area (Å²) in [6.07, 6.45) is 8.36. The quantitative estimate of drug-likeness (QED) is 0.671. The summed E-state index contributed by atoms with van der Waals surface area (Å²) in [5.41, 5.74) is 0. The normalized spacial score (nSPS) is 24.9. The second kappa shape index (κ2) is 9.77. The van der Waals surface area contributed by atoms with E-state index in [4.69, 9.17) is 0 Å². The van der Waals surface area contributed by atoms with Crippen LogP contribution in [0.15, 0.2) is 0 Å². The van der Waals surface area contributed by atoms with Crippen molar-refractivity contribution in [2.45, 2.75) is 72.3 Å². The Morgan fingerprint density at radius 1 is 1.05 bits per heavy atom. The van der Waals surface area contributed by atoms with Gasteiger partial charge in [-0.2, -0.15) is 0 Å². The summed E-state index contributed by atoms with van der Waals surface area (Å²) < 4.78 is 0. The molecule has 2 atom stereocenters. The Hall–Kier alpha value is -0.0800. The average molecular weight is 268 g/mol. The number of rotatable bonds is 8. The summed E-state index contributed by atoms with van der Waals surface area (Å²) >= 11 is 0. The Morgan fingerprint density at radius 2 is 1.84 bits per heavy atom. The van der Waals surface area contributed by atoms with Gasteiger partial charge in [-0.3, -0.25) is 0 Å². The third-order valence-electron chi connectivity index (χ3n) is 4.80. The molecule has 0 aromatic heterocycles. The number of nitrogens with zero attached hydrogens (tertiary/aromatic N) is 1. The molecule has 1 aliphatic rings. The first kappa shape index (κ1) is 17.0. The highest BCUT2D eigenvalue weighted by atomic mass is 15.1. The molecule has 1 N–H and O–H groups in total. The minimum absolute atomic E-state index is 0.782. The number of likely N-dealkylation sites (N-methyl/N-ethyl adjacent to an activating group) is 1. The van der Waals surface area contributed by atoms with Gasteiger partial charge >= 0.3 is 0 Å². The van der Waals surface area contributed by atoms with Gasteiger partial charge in [0, 0.05) is 19.1 Å². The van der Waals surface area contributed by atoms with E-state index in [2.05, 4.69) is 37.9 Å². The topological polar surface area (TPSA) is 15.3 Å². The Morgan fingerprint density at radius 3 is 2.47 bits per heavy atom. The van der Waals surface area contributed by atoms with Crippen molar-refractivity contribution in [3.8, 4) is 0 Å². The maximum Gasteiger partial charge on any atom is 0.0107 e. The number of hydrogen-bond donors (Lipinski definition) is 1. The molecule has 114 valence electrons. The molecule has 2 heteroatoms. The van der Waals surface area contributed by atoms with E-state index in [1.54, 1.807) is 0 Å². The van der Waals surface area contributed by atoms with Crippen LogP contribution in [0.3, 0.4) is 0 Å². The minimum atomic E-state index is 0.782. The summed E-state index contributed by atoms with van der Waals surface area (Å²) in [5, 5.41) is 3.80. The van der Waals surface area contributed by atoms with Crippen molar-refractivity contribution in [1.82, 2.24) is 10.2 Å². The van der Waals surface area contributed by atoms with Crippen LogP contribution in [0.2, 0.25) is 0 Å². The van der Waals surface area contributed by atoms with E-state index in [9.17, 15) is 0 Å². The Balaban J connectivity index is 2.19. The standard InChI is InChI=1S/C17H36N2/c1-5-13-19(6-2)14-12-18-17-9-7-8-16(10-11-17)15(3)4/h15-18H,5-14H2,1-4H3. The molecule has 0 radical (unpaired) electrons. The highest BCUT2D eigenvalue weighted by Crippen LogP contribution is 2.28. The van der Waals surface area contributed by atoms with E-state index in [0.717, 1.165) is 17.9 Å². The van der Waals surface area contributed by atoms with Gasteiger partial charge in [0.1, 0.15) is 0 Å². The van der Waals surface area contributed by atoms with Crippen molar-refractivity contribution >= 4 is 0 Å². The average Bonchev–Trinajstić information content (AvgIpc) is 2.63. The zero-order valence-electron chi connectivity index (χ0n) is 13.8. The molecule has 0 bridgehead atoms. The van der Waals surface area contributed by atoms with Gasteiger partial charge in [0.25, 0.3) is 0 Å². The van der Waals surface area contributed by atoms with Crippen LogP contribution in [0.25, 0.3) is 0 Å². The second-order valence-electron chi connectivity index (χ2n) is 6.60. The molecule has 1 aliphatic carbocycles. The summed E-state index contributed by atoms with van der Waals surface area (Å²) in [6, 6.07) is 0.782. The monoisotopic (exact) mass is 268 g/mol. The Labute approximate surface area is 121 Å². The van der Waals surface area contributed by atoms with Crippen molar-refractivity contribution in [3.63, 3.8) is 0 Å². The largest absolute Gasteiger partial charge is 0.313 e. The smallest absolute Gasteiger partial charge is 0.0107 e. The molecule has 1 fully saturated rings. The minimum Gasteiger partial charge on any atom is -0.313 e. The first-order valence-corrected chi connectivity index (χ1v) is 8.63. The summed E-state index contributed by atoms with van der Waals surface area (Å²) in [7, 11) is 0. The highest BCUT2D eigenvalue weighted by molar-refractivity contribution is 4.76.